The molecule has 2 aromatic rings. The summed E-state index contributed by atoms with van der Waals surface area (Å²) in [7, 11) is 1.71. The minimum absolute atomic E-state index is 0.276. The molecule has 96 valence electrons. The first-order valence-corrected chi connectivity index (χ1v) is 5.51. The molecule has 6 nitrogen and oxygen atoms in total. The predicted molar refractivity (Wildman–Crippen MR) is 69.0 cm³/mol. The normalized spacial score (nSPS) is 11.7. The van der Waals surface area contributed by atoms with E-state index in [-0.39, 0.29) is 5.69 Å². The summed E-state index contributed by atoms with van der Waals surface area (Å²) in [5.41, 5.74) is 0.785. The van der Waals surface area contributed by atoms with Crippen LogP contribution < -0.4 is 10.6 Å². The van der Waals surface area contributed by atoms with Crippen molar-refractivity contribution in [3.8, 4) is 0 Å². The fourth-order valence-electron chi connectivity index (χ4n) is 1.70. The fourth-order valence-corrected chi connectivity index (χ4v) is 1.70. The smallest absolute Gasteiger partial charge is 0.328 e. The third kappa shape index (κ3) is 1.85. The van der Waals surface area contributed by atoms with Crippen LogP contribution in [0.1, 0.15) is 13.8 Å². The van der Waals surface area contributed by atoms with Crippen LogP contribution in [0.2, 0.25) is 0 Å². The topological polar surface area (TPSA) is 89.2 Å². The zero-order chi connectivity index (χ0) is 13.5. The average Bonchev–Trinajstić information content (AvgIpc) is 2.66. The van der Waals surface area contributed by atoms with Crippen LogP contribution in [0.5, 0.6) is 0 Å². The summed E-state index contributed by atoms with van der Waals surface area (Å²) in [5.74, 6) is -0.910. The molecule has 6 heteroatoms. The van der Waals surface area contributed by atoms with Gasteiger partial charge in [-0.05, 0) is 32.0 Å². The number of carboxylic acid groups (broad SMARTS) is 1. The molecule has 0 unspecified atom stereocenters. The van der Waals surface area contributed by atoms with Gasteiger partial charge in [-0.1, -0.05) is 0 Å². The molecule has 1 aromatic heterocycles. The van der Waals surface area contributed by atoms with Gasteiger partial charge in [-0.2, -0.15) is 0 Å². The molecular formula is C12H15N3O3. The highest BCUT2D eigenvalue weighted by atomic mass is 16.4. The lowest BCUT2D eigenvalue weighted by molar-refractivity contribution is -0.142. The molecule has 0 aliphatic carbocycles. The highest BCUT2D eigenvalue weighted by molar-refractivity contribution is 5.85. The number of carbonyl (C=O) groups is 1. The number of nitrogens with one attached hydrogen (secondary N) is 2. The molecule has 0 saturated heterocycles. The van der Waals surface area contributed by atoms with E-state index in [1.165, 1.54) is 0 Å². The van der Waals surface area contributed by atoms with E-state index in [2.05, 4.69) is 9.97 Å². The molecule has 0 saturated carbocycles. The van der Waals surface area contributed by atoms with E-state index < -0.39 is 11.5 Å². The van der Waals surface area contributed by atoms with Crippen molar-refractivity contribution in [1.82, 2.24) is 9.97 Å². The van der Waals surface area contributed by atoms with Crippen molar-refractivity contribution >= 4 is 22.7 Å². The second-order valence-corrected chi connectivity index (χ2v) is 4.73. The third-order valence-corrected chi connectivity index (χ3v) is 3.25. The van der Waals surface area contributed by atoms with Crippen LogP contribution >= 0.6 is 0 Å². The van der Waals surface area contributed by atoms with Crippen molar-refractivity contribution in [3.05, 3.63) is 28.7 Å². The number of imidazole rings is 1. The van der Waals surface area contributed by atoms with E-state index in [4.69, 9.17) is 0 Å². The van der Waals surface area contributed by atoms with E-state index in [9.17, 15) is 14.7 Å². The quantitative estimate of drug-likeness (QED) is 0.761. The molecular weight excluding hydrogens is 234 g/mol. The standard InChI is InChI=1S/C12H15N3O3/c1-12(2,10(16)17)15(3)7-4-5-8-9(6-7)14-11(18)13-8/h4-6H,1-3H3,(H,16,17)(H2,13,14,18). The summed E-state index contributed by atoms with van der Waals surface area (Å²) >= 11 is 0. The first kappa shape index (κ1) is 12.2. The minimum atomic E-state index is -1.02. The highest BCUT2D eigenvalue weighted by Gasteiger charge is 2.32. The number of anilines is 1. The van der Waals surface area contributed by atoms with Crippen LogP contribution in [-0.4, -0.2) is 33.6 Å². The Balaban J connectivity index is 2.48. The Labute approximate surface area is 103 Å². The second-order valence-electron chi connectivity index (χ2n) is 4.73. The van der Waals surface area contributed by atoms with E-state index in [1.807, 2.05) is 0 Å². The summed E-state index contributed by atoms with van der Waals surface area (Å²) in [6, 6.07) is 5.27. The molecule has 18 heavy (non-hydrogen) atoms. The maximum Gasteiger partial charge on any atom is 0.328 e. The Hall–Kier alpha value is -2.24. The molecule has 0 atom stereocenters. The number of hydrogen-bond acceptors (Lipinski definition) is 3. The van der Waals surface area contributed by atoms with Crippen LogP contribution in [0.15, 0.2) is 23.0 Å². The van der Waals surface area contributed by atoms with Crippen LogP contribution in [0.25, 0.3) is 11.0 Å². The molecule has 0 aliphatic rings. The maximum absolute atomic E-state index is 11.2. The zero-order valence-electron chi connectivity index (χ0n) is 10.4. The van der Waals surface area contributed by atoms with E-state index in [0.717, 1.165) is 5.69 Å². The Morgan fingerprint density at radius 1 is 1.28 bits per heavy atom. The van der Waals surface area contributed by atoms with Gasteiger partial charge in [0, 0.05) is 12.7 Å². The van der Waals surface area contributed by atoms with Gasteiger partial charge in [-0.3, -0.25) is 0 Å². The largest absolute Gasteiger partial charge is 0.480 e. The number of benzene rings is 1. The summed E-state index contributed by atoms with van der Waals surface area (Å²) in [4.78, 5) is 29.3. The van der Waals surface area contributed by atoms with Crippen molar-refractivity contribution in [2.45, 2.75) is 19.4 Å². The maximum atomic E-state index is 11.2. The molecule has 1 heterocycles. The first-order valence-electron chi connectivity index (χ1n) is 5.51. The van der Waals surface area contributed by atoms with Crippen molar-refractivity contribution in [2.24, 2.45) is 0 Å². The lowest BCUT2D eigenvalue weighted by Gasteiger charge is -2.33. The Morgan fingerprint density at radius 3 is 2.50 bits per heavy atom. The molecule has 2 rings (SSSR count). The minimum Gasteiger partial charge on any atom is -0.480 e. The lowest BCUT2D eigenvalue weighted by Crippen LogP contribution is -2.48. The van der Waals surface area contributed by atoms with Crippen molar-refractivity contribution < 1.29 is 9.90 Å². The molecule has 3 N–H and O–H groups in total. The number of aromatic amines is 2. The van der Waals surface area contributed by atoms with Crippen LogP contribution in [0, 0.1) is 0 Å². The Bertz CT molecular complexity index is 654. The third-order valence-electron chi connectivity index (χ3n) is 3.25. The SMILES string of the molecule is CN(c1ccc2[nH]c(=O)[nH]c2c1)C(C)(C)C(=O)O. The number of likely N-dealkylation sites (N-methyl/N-ethyl adjacent to an activating group) is 1. The first-order chi connectivity index (χ1) is 8.32. The van der Waals surface area contributed by atoms with Crippen molar-refractivity contribution in [2.75, 3.05) is 11.9 Å². The van der Waals surface area contributed by atoms with E-state index >= 15 is 0 Å². The van der Waals surface area contributed by atoms with Crippen LogP contribution in [0.3, 0.4) is 0 Å². The summed E-state index contributed by atoms with van der Waals surface area (Å²) in [5, 5.41) is 9.18. The average molecular weight is 249 g/mol. The van der Waals surface area contributed by atoms with Crippen LogP contribution in [-0.2, 0) is 4.79 Å². The highest BCUT2D eigenvalue weighted by Crippen LogP contribution is 2.24. The lowest BCUT2D eigenvalue weighted by atomic mass is 10.0. The number of carboxylic acids is 1. The van der Waals surface area contributed by atoms with Gasteiger partial charge in [0.15, 0.2) is 0 Å². The second kappa shape index (κ2) is 3.90. The van der Waals surface area contributed by atoms with Gasteiger partial charge in [0.05, 0.1) is 11.0 Å². The van der Waals surface area contributed by atoms with Gasteiger partial charge < -0.3 is 20.0 Å². The number of nitrogens with zero attached hydrogens (tertiary/aromatic N) is 1. The van der Waals surface area contributed by atoms with Crippen LogP contribution in [0.4, 0.5) is 5.69 Å². The number of hydrogen-bond donors (Lipinski definition) is 3. The summed E-state index contributed by atoms with van der Waals surface area (Å²) in [6.45, 7) is 3.25. The predicted octanol–water partition coefficient (Wildman–Crippen LogP) is 1.16. The number of rotatable bonds is 3. The summed E-state index contributed by atoms with van der Waals surface area (Å²) < 4.78 is 0. The van der Waals surface area contributed by atoms with E-state index in [0.29, 0.717) is 11.0 Å². The van der Waals surface area contributed by atoms with Crippen molar-refractivity contribution in [1.29, 1.82) is 0 Å². The Morgan fingerprint density at radius 2 is 1.89 bits per heavy atom. The fraction of sp³-hybridized carbons (Fsp3) is 0.333. The summed E-state index contributed by atoms with van der Waals surface area (Å²) in [6.07, 6.45) is 0. The monoisotopic (exact) mass is 249 g/mol. The molecule has 0 spiro atoms. The van der Waals surface area contributed by atoms with E-state index in [1.54, 1.807) is 44.0 Å². The zero-order valence-corrected chi connectivity index (χ0v) is 10.4. The Kier molecular flexibility index (Phi) is 2.65. The van der Waals surface area contributed by atoms with Gasteiger partial charge >= 0.3 is 11.7 Å². The number of aliphatic carboxylic acids is 1. The van der Waals surface area contributed by atoms with Crippen molar-refractivity contribution in [3.63, 3.8) is 0 Å². The van der Waals surface area contributed by atoms with Gasteiger partial charge in [0.25, 0.3) is 0 Å². The molecule has 0 radical (unpaired) electrons. The van der Waals surface area contributed by atoms with Gasteiger partial charge in [0.1, 0.15) is 5.54 Å². The molecule has 1 aromatic carbocycles. The molecule has 0 aliphatic heterocycles. The van der Waals surface area contributed by atoms with Gasteiger partial charge in [-0.15, -0.1) is 0 Å². The number of fused-ring (bicyclic) bond motifs is 1. The molecule has 0 bridgehead atoms. The molecule has 0 amide bonds. The number of aromatic nitrogens is 2. The number of H-pyrrole nitrogens is 2. The molecule has 0 fully saturated rings. The van der Waals surface area contributed by atoms with Gasteiger partial charge in [-0.25, -0.2) is 9.59 Å². The van der Waals surface area contributed by atoms with Gasteiger partial charge in [0.2, 0.25) is 0 Å².